The van der Waals surface area contributed by atoms with Crippen molar-refractivity contribution in [2.45, 2.75) is 18.9 Å². The lowest BCUT2D eigenvalue weighted by molar-refractivity contribution is 0.0933. The molecule has 1 aromatic heterocycles. The molecule has 21 heavy (non-hydrogen) atoms. The highest BCUT2D eigenvalue weighted by atomic mass is 32.1. The molecule has 1 aliphatic heterocycles. The van der Waals surface area contributed by atoms with Gasteiger partial charge in [-0.15, -0.1) is 11.3 Å². The van der Waals surface area contributed by atoms with Crippen LogP contribution >= 0.6 is 11.3 Å². The van der Waals surface area contributed by atoms with E-state index in [0.717, 1.165) is 13.1 Å². The van der Waals surface area contributed by atoms with E-state index in [1.54, 1.807) is 10.9 Å². The molecule has 4 nitrogen and oxygen atoms in total. The Hall–Kier alpha value is -1.72. The van der Waals surface area contributed by atoms with E-state index in [9.17, 15) is 4.79 Å². The quantitative estimate of drug-likeness (QED) is 0.923. The van der Waals surface area contributed by atoms with Crippen LogP contribution < -0.4 is 5.32 Å². The van der Waals surface area contributed by atoms with Gasteiger partial charge in [-0.05, 0) is 31.5 Å². The smallest absolute Gasteiger partial charge is 0.270 e. The number of nitrogens with one attached hydrogen (secondary N) is 1. The van der Waals surface area contributed by atoms with Crippen LogP contribution in [0.25, 0.3) is 0 Å². The van der Waals surface area contributed by atoms with Crippen molar-refractivity contribution in [1.29, 1.82) is 0 Å². The first-order valence-corrected chi connectivity index (χ1v) is 8.24. The molecule has 1 aromatic carbocycles. The van der Waals surface area contributed by atoms with Gasteiger partial charge in [-0.3, -0.25) is 9.69 Å². The molecule has 110 valence electrons. The van der Waals surface area contributed by atoms with Gasteiger partial charge < -0.3 is 5.32 Å². The minimum absolute atomic E-state index is 0.0867. The summed E-state index contributed by atoms with van der Waals surface area (Å²) < 4.78 is 0. The van der Waals surface area contributed by atoms with E-state index < -0.39 is 0 Å². The van der Waals surface area contributed by atoms with Crippen molar-refractivity contribution in [1.82, 2.24) is 15.2 Å². The van der Waals surface area contributed by atoms with Gasteiger partial charge in [0.25, 0.3) is 5.91 Å². The van der Waals surface area contributed by atoms with Crippen LogP contribution in [-0.4, -0.2) is 35.4 Å². The summed E-state index contributed by atoms with van der Waals surface area (Å²) in [5.74, 6) is -0.0867. The number of rotatable bonds is 5. The van der Waals surface area contributed by atoms with Gasteiger partial charge in [-0.1, -0.05) is 30.3 Å². The minimum Gasteiger partial charge on any atom is -0.349 e. The fraction of sp³-hybridized carbons (Fsp3) is 0.375. The van der Waals surface area contributed by atoms with E-state index >= 15 is 0 Å². The fourth-order valence-electron chi connectivity index (χ4n) is 2.79. The van der Waals surface area contributed by atoms with Gasteiger partial charge in [0, 0.05) is 11.9 Å². The number of likely N-dealkylation sites (tertiary alicyclic amines) is 1. The average molecular weight is 301 g/mol. The maximum atomic E-state index is 12.1. The maximum Gasteiger partial charge on any atom is 0.270 e. The molecule has 3 rings (SSSR count). The van der Waals surface area contributed by atoms with Crippen molar-refractivity contribution >= 4 is 17.2 Å². The number of hydrogen-bond donors (Lipinski definition) is 1. The molecule has 1 fully saturated rings. The number of aromatic nitrogens is 1. The maximum absolute atomic E-state index is 12.1. The normalized spacial score (nSPS) is 16.8. The van der Waals surface area contributed by atoms with Crippen LogP contribution in [0.5, 0.6) is 0 Å². The summed E-state index contributed by atoms with van der Waals surface area (Å²) in [5.41, 5.74) is 3.45. The molecule has 1 aliphatic rings. The van der Waals surface area contributed by atoms with Gasteiger partial charge in [0.1, 0.15) is 5.69 Å². The zero-order chi connectivity index (χ0) is 14.5. The third-order valence-electron chi connectivity index (χ3n) is 3.89. The van der Waals surface area contributed by atoms with Crippen LogP contribution in [0.4, 0.5) is 0 Å². The zero-order valence-electron chi connectivity index (χ0n) is 11.9. The second-order valence-electron chi connectivity index (χ2n) is 5.25. The molecule has 2 aromatic rings. The number of carbonyl (C=O) groups is 1. The molecule has 1 amide bonds. The zero-order valence-corrected chi connectivity index (χ0v) is 12.7. The Labute approximate surface area is 128 Å². The molecule has 5 heteroatoms. The number of hydrogen-bond acceptors (Lipinski definition) is 4. The SMILES string of the molecule is O=C(NCC(c1ccccc1)N1CCCC1)c1cscn1. The highest BCUT2D eigenvalue weighted by Crippen LogP contribution is 2.24. The molecular weight excluding hydrogens is 282 g/mol. The molecule has 0 aliphatic carbocycles. The van der Waals surface area contributed by atoms with E-state index in [2.05, 4.69) is 39.5 Å². The number of thiazole rings is 1. The highest BCUT2D eigenvalue weighted by Gasteiger charge is 2.24. The Bertz CT molecular complexity index is 564. The fourth-order valence-corrected chi connectivity index (χ4v) is 3.32. The third-order valence-corrected chi connectivity index (χ3v) is 4.47. The molecule has 0 saturated carbocycles. The standard InChI is InChI=1S/C16H19N3OS/c20-16(14-11-21-12-18-14)17-10-15(19-8-4-5-9-19)13-6-2-1-3-7-13/h1-3,6-7,11-12,15H,4-5,8-10H2,(H,17,20). The summed E-state index contributed by atoms with van der Waals surface area (Å²) in [4.78, 5) is 18.6. The van der Waals surface area contributed by atoms with Crippen LogP contribution in [0, 0.1) is 0 Å². The van der Waals surface area contributed by atoms with Crippen molar-refractivity contribution < 1.29 is 4.79 Å². The van der Waals surface area contributed by atoms with Gasteiger partial charge in [0.15, 0.2) is 0 Å². The lowest BCUT2D eigenvalue weighted by atomic mass is 10.1. The molecule has 0 bridgehead atoms. The molecular formula is C16H19N3OS. The van der Waals surface area contributed by atoms with E-state index in [4.69, 9.17) is 0 Å². The van der Waals surface area contributed by atoms with Crippen molar-refractivity contribution in [3.8, 4) is 0 Å². The van der Waals surface area contributed by atoms with Crippen molar-refractivity contribution in [2.75, 3.05) is 19.6 Å². The van der Waals surface area contributed by atoms with Crippen LogP contribution in [0.2, 0.25) is 0 Å². The lowest BCUT2D eigenvalue weighted by Gasteiger charge is -2.28. The van der Waals surface area contributed by atoms with Crippen LogP contribution in [0.3, 0.4) is 0 Å². The monoisotopic (exact) mass is 301 g/mol. The first-order valence-electron chi connectivity index (χ1n) is 7.30. The Morgan fingerprint density at radius 2 is 2.05 bits per heavy atom. The second kappa shape index (κ2) is 6.83. The van der Waals surface area contributed by atoms with E-state index in [-0.39, 0.29) is 11.9 Å². The lowest BCUT2D eigenvalue weighted by Crippen LogP contribution is -2.36. The largest absolute Gasteiger partial charge is 0.349 e. The van der Waals surface area contributed by atoms with Crippen LogP contribution in [-0.2, 0) is 0 Å². The van der Waals surface area contributed by atoms with Crippen molar-refractivity contribution in [2.24, 2.45) is 0 Å². The van der Waals surface area contributed by atoms with Gasteiger partial charge in [-0.2, -0.15) is 0 Å². The first kappa shape index (κ1) is 14.2. The summed E-state index contributed by atoms with van der Waals surface area (Å²) in [6.07, 6.45) is 2.48. The number of carbonyl (C=O) groups excluding carboxylic acids is 1. The topological polar surface area (TPSA) is 45.2 Å². The summed E-state index contributed by atoms with van der Waals surface area (Å²) in [7, 11) is 0. The number of benzene rings is 1. The van der Waals surface area contributed by atoms with E-state index in [1.165, 1.54) is 29.7 Å². The molecule has 2 heterocycles. The summed E-state index contributed by atoms with van der Waals surface area (Å²) in [6.45, 7) is 2.83. The van der Waals surface area contributed by atoms with Gasteiger partial charge >= 0.3 is 0 Å². The highest BCUT2D eigenvalue weighted by molar-refractivity contribution is 7.07. The Morgan fingerprint density at radius 1 is 1.29 bits per heavy atom. The molecule has 1 atom stereocenters. The second-order valence-corrected chi connectivity index (χ2v) is 5.97. The molecule has 1 unspecified atom stereocenters. The van der Waals surface area contributed by atoms with E-state index in [1.807, 2.05) is 6.07 Å². The predicted molar refractivity (Wildman–Crippen MR) is 84.4 cm³/mol. The average Bonchev–Trinajstić information content (AvgIpc) is 3.22. The van der Waals surface area contributed by atoms with E-state index in [0.29, 0.717) is 12.2 Å². The first-order chi connectivity index (χ1) is 10.3. The minimum atomic E-state index is -0.0867. The third kappa shape index (κ3) is 3.49. The summed E-state index contributed by atoms with van der Waals surface area (Å²) >= 11 is 1.44. The van der Waals surface area contributed by atoms with Gasteiger partial charge in [0.2, 0.25) is 0 Å². The Balaban J connectivity index is 1.69. The predicted octanol–water partition coefficient (Wildman–Crippen LogP) is 2.71. The molecule has 0 spiro atoms. The summed E-state index contributed by atoms with van der Waals surface area (Å²) in [5, 5.41) is 4.80. The summed E-state index contributed by atoms with van der Waals surface area (Å²) in [6, 6.07) is 10.7. The van der Waals surface area contributed by atoms with Crippen molar-refractivity contribution in [3.05, 3.63) is 52.5 Å². The van der Waals surface area contributed by atoms with Crippen LogP contribution in [0.15, 0.2) is 41.2 Å². The van der Waals surface area contributed by atoms with Crippen molar-refractivity contribution in [3.63, 3.8) is 0 Å². The number of nitrogens with zero attached hydrogens (tertiary/aromatic N) is 2. The van der Waals surface area contributed by atoms with Crippen LogP contribution in [0.1, 0.15) is 34.9 Å². The Kier molecular flexibility index (Phi) is 4.62. The van der Waals surface area contributed by atoms with Gasteiger partial charge in [-0.25, -0.2) is 4.98 Å². The number of amides is 1. The van der Waals surface area contributed by atoms with Gasteiger partial charge in [0.05, 0.1) is 11.6 Å². The molecule has 0 radical (unpaired) electrons. The Morgan fingerprint density at radius 3 is 2.71 bits per heavy atom. The molecule has 1 saturated heterocycles. The molecule has 1 N–H and O–H groups in total.